The molecule has 2 N–H and O–H groups in total. The van der Waals surface area contributed by atoms with E-state index in [-0.39, 0.29) is 5.91 Å². The molecule has 0 aliphatic rings. The van der Waals surface area contributed by atoms with Gasteiger partial charge >= 0.3 is 0 Å². The first-order valence-corrected chi connectivity index (χ1v) is 5.19. The molecule has 3 nitrogen and oxygen atoms in total. The van der Waals surface area contributed by atoms with Crippen molar-refractivity contribution in [1.29, 1.82) is 0 Å². The predicted octanol–water partition coefficient (Wildman–Crippen LogP) is 2.88. The Morgan fingerprint density at radius 2 is 1.88 bits per heavy atom. The van der Waals surface area contributed by atoms with Crippen LogP contribution in [0.5, 0.6) is 0 Å². The minimum atomic E-state index is -0.0774. The first-order valence-electron chi connectivity index (χ1n) is 5.19. The van der Waals surface area contributed by atoms with Crippen molar-refractivity contribution in [3.63, 3.8) is 0 Å². The number of carbonyl (C=O) groups is 1. The van der Waals surface area contributed by atoms with Crippen molar-refractivity contribution >= 4 is 11.6 Å². The van der Waals surface area contributed by atoms with E-state index in [0.717, 1.165) is 16.9 Å². The van der Waals surface area contributed by atoms with Crippen LogP contribution < -0.4 is 5.32 Å². The van der Waals surface area contributed by atoms with E-state index < -0.39 is 0 Å². The monoisotopic (exact) mass is 214 g/mol. The summed E-state index contributed by atoms with van der Waals surface area (Å²) in [6, 6.07) is 9.19. The number of rotatable bonds is 2. The number of benzene rings is 1. The Morgan fingerprint density at radius 1 is 1.19 bits per heavy atom. The first kappa shape index (κ1) is 10.5. The molecule has 2 rings (SSSR count). The van der Waals surface area contributed by atoms with Crippen LogP contribution in [0.1, 0.15) is 21.6 Å². The van der Waals surface area contributed by atoms with Gasteiger partial charge in [-0.3, -0.25) is 4.79 Å². The quantitative estimate of drug-likeness (QED) is 0.793. The van der Waals surface area contributed by atoms with Gasteiger partial charge in [0.05, 0.1) is 5.69 Å². The van der Waals surface area contributed by atoms with Gasteiger partial charge in [0.1, 0.15) is 0 Å². The molecule has 2 aromatic rings. The van der Waals surface area contributed by atoms with Gasteiger partial charge in [-0.05, 0) is 31.5 Å². The highest BCUT2D eigenvalue weighted by Crippen LogP contribution is 2.19. The van der Waals surface area contributed by atoms with Crippen LogP contribution in [0.3, 0.4) is 0 Å². The van der Waals surface area contributed by atoms with Crippen molar-refractivity contribution in [2.75, 3.05) is 5.32 Å². The van der Waals surface area contributed by atoms with Crippen molar-refractivity contribution in [1.82, 2.24) is 4.98 Å². The lowest BCUT2D eigenvalue weighted by atomic mass is 10.2. The third-order valence-corrected chi connectivity index (χ3v) is 2.55. The van der Waals surface area contributed by atoms with Crippen LogP contribution in [0, 0.1) is 13.8 Å². The van der Waals surface area contributed by atoms with Crippen molar-refractivity contribution in [2.45, 2.75) is 13.8 Å². The number of amides is 1. The highest BCUT2D eigenvalue weighted by molar-refractivity contribution is 6.04. The Bertz CT molecular complexity index is 480. The molecule has 0 radical (unpaired) electrons. The van der Waals surface area contributed by atoms with E-state index in [1.165, 1.54) is 0 Å². The third-order valence-electron chi connectivity index (χ3n) is 2.55. The Hall–Kier alpha value is -2.03. The Balaban J connectivity index is 2.21. The second-order valence-corrected chi connectivity index (χ2v) is 3.79. The summed E-state index contributed by atoms with van der Waals surface area (Å²) < 4.78 is 0. The van der Waals surface area contributed by atoms with Crippen LogP contribution in [-0.4, -0.2) is 10.9 Å². The summed E-state index contributed by atoms with van der Waals surface area (Å²) in [7, 11) is 0. The van der Waals surface area contributed by atoms with E-state index in [1.54, 1.807) is 12.1 Å². The summed E-state index contributed by atoms with van der Waals surface area (Å²) in [5.74, 6) is -0.0774. The molecule has 0 aliphatic heterocycles. The molecule has 1 aromatic carbocycles. The number of anilines is 1. The van der Waals surface area contributed by atoms with Crippen LogP contribution in [0.25, 0.3) is 0 Å². The fourth-order valence-electron chi connectivity index (χ4n) is 1.62. The lowest BCUT2D eigenvalue weighted by Crippen LogP contribution is -2.12. The largest absolute Gasteiger partial charge is 0.363 e. The van der Waals surface area contributed by atoms with Gasteiger partial charge in [0.25, 0.3) is 5.91 Å². The number of nitrogens with one attached hydrogen (secondary N) is 2. The standard InChI is InChI=1S/C13H14N2O/c1-9-8-14-10(2)12(9)15-13(16)11-6-4-3-5-7-11/h3-8,14H,1-2H3,(H,15,16). The zero-order valence-electron chi connectivity index (χ0n) is 9.37. The van der Waals surface area contributed by atoms with E-state index >= 15 is 0 Å². The number of aryl methyl sites for hydroxylation is 2. The van der Waals surface area contributed by atoms with Gasteiger partial charge in [-0.25, -0.2) is 0 Å². The van der Waals surface area contributed by atoms with Gasteiger partial charge in [-0.2, -0.15) is 0 Å². The molecule has 0 unspecified atom stereocenters. The second-order valence-electron chi connectivity index (χ2n) is 3.79. The van der Waals surface area contributed by atoms with Crippen molar-refractivity contribution in [2.24, 2.45) is 0 Å². The van der Waals surface area contributed by atoms with Gasteiger partial charge in [-0.15, -0.1) is 0 Å². The topological polar surface area (TPSA) is 44.9 Å². The molecule has 16 heavy (non-hydrogen) atoms. The van der Waals surface area contributed by atoms with E-state index in [2.05, 4.69) is 10.3 Å². The zero-order chi connectivity index (χ0) is 11.5. The molecule has 3 heteroatoms. The summed E-state index contributed by atoms with van der Waals surface area (Å²) in [5.41, 5.74) is 3.56. The first-order chi connectivity index (χ1) is 7.68. The number of aromatic amines is 1. The Morgan fingerprint density at radius 3 is 2.44 bits per heavy atom. The Kier molecular flexibility index (Phi) is 2.77. The summed E-state index contributed by atoms with van der Waals surface area (Å²) >= 11 is 0. The van der Waals surface area contributed by atoms with Gasteiger partial charge in [0.15, 0.2) is 0 Å². The molecular formula is C13H14N2O. The van der Waals surface area contributed by atoms with E-state index in [9.17, 15) is 4.79 Å². The highest BCUT2D eigenvalue weighted by Gasteiger charge is 2.09. The van der Waals surface area contributed by atoms with Crippen LogP contribution in [0.2, 0.25) is 0 Å². The van der Waals surface area contributed by atoms with Gasteiger partial charge in [0.2, 0.25) is 0 Å². The average molecular weight is 214 g/mol. The molecule has 1 aromatic heterocycles. The molecule has 0 aliphatic carbocycles. The molecule has 0 fully saturated rings. The number of aromatic nitrogens is 1. The van der Waals surface area contributed by atoms with Gasteiger partial charge < -0.3 is 10.3 Å². The summed E-state index contributed by atoms with van der Waals surface area (Å²) in [6.07, 6.45) is 1.88. The maximum atomic E-state index is 11.9. The van der Waals surface area contributed by atoms with Gasteiger partial charge in [-0.1, -0.05) is 18.2 Å². The molecular weight excluding hydrogens is 200 g/mol. The summed E-state index contributed by atoms with van der Waals surface area (Å²) in [5, 5.41) is 2.90. The normalized spacial score (nSPS) is 10.1. The van der Waals surface area contributed by atoms with E-state index in [0.29, 0.717) is 5.56 Å². The smallest absolute Gasteiger partial charge is 0.255 e. The summed E-state index contributed by atoms with van der Waals surface area (Å²) in [6.45, 7) is 3.90. The maximum Gasteiger partial charge on any atom is 0.255 e. The fourth-order valence-corrected chi connectivity index (χ4v) is 1.62. The summed E-state index contributed by atoms with van der Waals surface area (Å²) in [4.78, 5) is 15.0. The van der Waals surface area contributed by atoms with Crippen LogP contribution in [0.15, 0.2) is 36.5 Å². The lowest BCUT2D eigenvalue weighted by Gasteiger charge is -2.05. The molecule has 0 saturated carbocycles. The van der Waals surface area contributed by atoms with Crippen LogP contribution in [0.4, 0.5) is 5.69 Å². The molecule has 0 saturated heterocycles. The molecule has 1 heterocycles. The Labute approximate surface area is 94.5 Å². The number of hydrogen-bond donors (Lipinski definition) is 2. The number of hydrogen-bond acceptors (Lipinski definition) is 1. The molecule has 0 atom stereocenters. The molecule has 0 spiro atoms. The minimum Gasteiger partial charge on any atom is -0.363 e. The van der Waals surface area contributed by atoms with Crippen molar-refractivity contribution < 1.29 is 4.79 Å². The second kappa shape index (κ2) is 4.23. The fraction of sp³-hybridized carbons (Fsp3) is 0.154. The SMILES string of the molecule is Cc1c[nH]c(C)c1NC(=O)c1ccccc1. The van der Waals surface area contributed by atoms with Gasteiger partial charge in [0, 0.05) is 17.5 Å². The minimum absolute atomic E-state index is 0.0774. The highest BCUT2D eigenvalue weighted by atomic mass is 16.1. The average Bonchev–Trinajstić information content (AvgIpc) is 2.62. The van der Waals surface area contributed by atoms with E-state index in [4.69, 9.17) is 0 Å². The zero-order valence-corrected chi connectivity index (χ0v) is 9.37. The molecule has 0 bridgehead atoms. The van der Waals surface area contributed by atoms with Crippen LogP contribution in [-0.2, 0) is 0 Å². The predicted molar refractivity (Wildman–Crippen MR) is 64.7 cm³/mol. The number of carbonyl (C=O) groups excluding carboxylic acids is 1. The lowest BCUT2D eigenvalue weighted by molar-refractivity contribution is 0.102. The third kappa shape index (κ3) is 1.98. The van der Waals surface area contributed by atoms with Crippen molar-refractivity contribution in [3.8, 4) is 0 Å². The van der Waals surface area contributed by atoms with E-state index in [1.807, 2.05) is 38.2 Å². The molecule has 1 amide bonds. The van der Waals surface area contributed by atoms with Crippen molar-refractivity contribution in [3.05, 3.63) is 53.3 Å². The molecule has 82 valence electrons. The number of H-pyrrole nitrogens is 1. The maximum absolute atomic E-state index is 11.9. The van der Waals surface area contributed by atoms with Crippen LogP contribution >= 0.6 is 0 Å².